The first-order valence-electron chi connectivity index (χ1n) is 12.9. The minimum absolute atomic E-state index is 0.141. The van der Waals surface area contributed by atoms with Gasteiger partial charge in [-0.25, -0.2) is 8.78 Å². The standard InChI is InChI=1S/C35H30F2O/c1-22-4-8-25(9-5-22)34(26-10-6-23(2)7-11-26)32-20-29(24(3)38)21-33(32)35(27-12-16-30(36)17-13-27)28-14-18-31(37)19-15-28/h4-19,29H,20-21H2,1-3H3. The van der Waals surface area contributed by atoms with Gasteiger partial charge < -0.3 is 0 Å². The third-order valence-corrected chi connectivity index (χ3v) is 7.39. The van der Waals surface area contributed by atoms with Crippen molar-refractivity contribution in [2.24, 2.45) is 5.92 Å². The molecule has 0 saturated heterocycles. The van der Waals surface area contributed by atoms with Gasteiger partial charge in [-0.15, -0.1) is 0 Å². The molecule has 38 heavy (non-hydrogen) atoms. The predicted octanol–water partition coefficient (Wildman–Crippen LogP) is 8.88. The first kappa shape index (κ1) is 25.5. The molecule has 0 aromatic heterocycles. The first-order valence-corrected chi connectivity index (χ1v) is 12.9. The van der Waals surface area contributed by atoms with E-state index in [-0.39, 0.29) is 23.3 Å². The molecule has 0 bridgehead atoms. The minimum atomic E-state index is -0.319. The lowest BCUT2D eigenvalue weighted by molar-refractivity contribution is -0.120. The average molecular weight is 505 g/mol. The van der Waals surface area contributed by atoms with Gasteiger partial charge in [0.2, 0.25) is 0 Å². The molecule has 1 fully saturated rings. The smallest absolute Gasteiger partial charge is 0.133 e. The Labute approximate surface area is 223 Å². The average Bonchev–Trinajstić information content (AvgIpc) is 3.34. The zero-order valence-electron chi connectivity index (χ0n) is 21.9. The first-order chi connectivity index (χ1) is 18.3. The number of carbonyl (C=O) groups excluding carboxylic acids is 1. The SMILES string of the molecule is CC(=O)C1CC(=C(c2ccc(C)cc2)c2ccc(C)cc2)C(=C(c2ccc(F)cc2)c2ccc(F)cc2)C1. The van der Waals surface area contributed by atoms with Crippen molar-refractivity contribution in [2.45, 2.75) is 33.6 Å². The normalized spacial score (nSPS) is 15.0. The van der Waals surface area contributed by atoms with Gasteiger partial charge in [0.05, 0.1) is 0 Å². The van der Waals surface area contributed by atoms with Gasteiger partial charge >= 0.3 is 0 Å². The van der Waals surface area contributed by atoms with Crippen molar-refractivity contribution < 1.29 is 13.6 Å². The maximum Gasteiger partial charge on any atom is 0.133 e. The van der Waals surface area contributed by atoms with E-state index in [4.69, 9.17) is 0 Å². The van der Waals surface area contributed by atoms with E-state index in [1.165, 1.54) is 35.4 Å². The fraction of sp³-hybridized carbons (Fsp3) is 0.171. The lowest BCUT2D eigenvalue weighted by Gasteiger charge is -2.19. The van der Waals surface area contributed by atoms with Gasteiger partial charge in [-0.05, 0) is 102 Å². The van der Waals surface area contributed by atoms with Crippen LogP contribution in [0, 0.1) is 31.4 Å². The zero-order chi connectivity index (χ0) is 26.8. The fourth-order valence-electron chi connectivity index (χ4n) is 5.31. The molecule has 3 heteroatoms. The Bertz CT molecular complexity index is 1310. The van der Waals surface area contributed by atoms with E-state index in [0.29, 0.717) is 12.8 Å². The fourth-order valence-corrected chi connectivity index (χ4v) is 5.31. The maximum atomic E-state index is 13.9. The van der Waals surface area contributed by atoms with Crippen LogP contribution in [0.5, 0.6) is 0 Å². The molecule has 0 amide bonds. The van der Waals surface area contributed by atoms with Gasteiger partial charge in [0.1, 0.15) is 17.4 Å². The van der Waals surface area contributed by atoms with Crippen molar-refractivity contribution in [1.82, 2.24) is 0 Å². The van der Waals surface area contributed by atoms with Crippen LogP contribution in [0.2, 0.25) is 0 Å². The van der Waals surface area contributed by atoms with Crippen LogP contribution in [0.25, 0.3) is 11.1 Å². The van der Waals surface area contributed by atoms with E-state index in [0.717, 1.165) is 44.5 Å². The zero-order valence-corrected chi connectivity index (χ0v) is 21.9. The second-order valence-electron chi connectivity index (χ2n) is 10.2. The van der Waals surface area contributed by atoms with Crippen molar-refractivity contribution in [1.29, 1.82) is 0 Å². The van der Waals surface area contributed by atoms with Crippen molar-refractivity contribution >= 4 is 16.9 Å². The Kier molecular flexibility index (Phi) is 7.20. The Morgan fingerprint density at radius 1 is 0.553 bits per heavy atom. The molecule has 1 unspecified atom stereocenters. The highest BCUT2D eigenvalue weighted by Gasteiger charge is 2.33. The van der Waals surface area contributed by atoms with Gasteiger partial charge in [0.15, 0.2) is 0 Å². The summed E-state index contributed by atoms with van der Waals surface area (Å²) in [6.45, 7) is 5.78. The minimum Gasteiger partial charge on any atom is -0.300 e. The Balaban J connectivity index is 1.87. The van der Waals surface area contributed by atoms with Gasteiger partial charge in [-0.3, -0.25) is 4.79 Å². The molecular weight excluding hydrogens is 474 g/mol. The van der Waals surface area contributed by atoms with Crippen LogP contribution in [-0.2, 0) is 4.79 Å². The summed E-state index contributed by atoms with van der Waals surface area (Å²) in [7, 11) is 0. The Morgan fingerprint density at radius 3 is 1.13 bits per heavy atom. The quantitative estimate of drug-likeness (QED) is 0.265. The summed E-state index contributed by atoms with van der Waals surface area (Å²) in [5, 5.41) is 0. The van der Waals surface area contributed by atoms with Gasteiger partial charge in [0.25, 0.3) is 0 Å². The molecular formula is C35H30F2O. The highest BCUT2D eigenvalue weighted by molar-refractivity contribution is 5.94. The van der Waals surface area contributed by atoms with Gasteiger partial charge in [-0.2, -0.15) is 0 Å². The summed E-state index contributed by atoms with van der Waals surface area (Å²) in [6.07, 6.45) is 1.17. The van der Waals surface area contributed by atoms with E-state index < -0.39 is 0 Å². The van der Waals surface area contributed by atoms with E-state index in [2.05, 4.69) is 62.4 Å². The third-order valence-electron chi connectivity index (χ3n) is 7.39. The van der Waals surface area contributed by atoms with Crippen molar-refractivity contribution in [3.05, 3.63) is 153 Å². The van der Waals surface area contributed by atoms with Crippen LogP contribution < -0.4 is 0 Å². The van der Waals surface area contributed by atoms with Crippen LogP contribution in [0.4, 0.5) is 8.78 Å². The van der Waals surface area contributed by atoms with E-state index in [1.807, 2.05) is 0 Å². The molecule has 190 valence electrons. The number of Topliss-reactive ketones (excluding diaryl/α,β-unsaturated/α-hetero) is 1. The van der Waals surface area contributed by atoms with Crippen LogP contribution in [0.3, 0.4) is 0 Å². The molecule has 0 heterocycles. The number of benzene rings is 4. The van der Waals surface area contributed by atoms with Crippen LogP contribution in [0.15, 0.2) is 108 Å². The molecule has 1 saturated carbocycles. The van der Waals surface area contributed by atoms with Crippen LogP contribution in [-0.4, -0.2) is 5.78 Å². The molecule has 4 aromatic carbocycles. The van der Waals surface area contributed by atoms with E-state index in [9.17, 15) is 13.6 Å². The molecule has 1 aliphatic carbocycles. The Morgan fingerprint density at radius 2 is 0.842 bits per heavy atom. The largest absolute Gasteiger partial charge is 0.300 e. The van der Waals surface area contributed by atoms with Crippen molar-refractivity contribution in [2.75, 3.05) is 0 Å². The Hall–Kier alpha value is -4.11. The second kappa shape index (κ2) is 10.7. The number of allylic oxidation sites excluding steroid dienone is 2. The number of aryl methyl sites for hydroxylation is 2. The number of ketones is 1. The molecule has 5 rings (SSSR count). The van der Waals surface area contributed by atoms with Crippen LogP contribution >= 0.6 is 0 Å². The molecule has 0 radical (unpaired) electrons. The lowest BCUT2D eigenvalue weighted by atomic mass is 9.85. The summed E-state index contributed by atoms with van der Waals surface area (Å²) in [6, 6.07) is 29.8. The molecule has 1 nitrogen and oxygen atoms in total. The van der Waals surface area contributed by atoms with Gasteiger partial charge in [-0.1, -0.05) is 83.9 Å². The van der Waals surface area contributed by atoms with Crippen LogP contribution in [0.1, 0.15) is 53.1 Å². The lowest BCUT2D eigenvalue weighted by Crippen LogP contribution is -2.05. The monoisotopic (exact) mass is 504 g/mol. The molecule has 1 atom stereocenters. The topological polar surface area (TPSA) is 17.1 Å². The number of rotatable bonds is 5. The molecule has 1 aliphatic rings. The highest BCUT2D eigenvalue weighted by atomic mass is 19.1. The van der Waals surface area contributed by atoms with Gasteiger partial charge in [0, 0.05) is 5.92 Å². The third kappa shape index (κ3) is 5.28. The van der Waals surface area contributed by atoms with E-state index >= 15 is 0 Å². The number of hydrogen-bond donors (Lipinski definition) is 0. The molecule has 0 spiro atoms. The van der Waals surface area contributed by atoms with E-state index in [1.54, 1.807) is 31.2 Å². The summed E-state index contributed by atoms with van der Waals surface area (Å²) in [5.74, 6) is -0.661. The summed E-state index contributed by atoms with van der Waals surface area (Å²) in [4.78, 5) is 12.8. The summed E-state index contributed by atoms with van der Waals surface area (Å²) in [5.41, 5.74) is 10.3. The number of halogens is 2. The molecule has 4 aromatic rings. The molecule has 0 N–H and O–H groups in total. The second-order valence-corrected chi connectivity index (χ2v) is 10.2. The summed E-state index contributed by atoms with van der Waals surface area (Å²) < 4.78 is 27.9. The number of carbonyl (C=O) groups is 1. The number of hydrogen-bond acceptors (Lipinski definition) is 1. The summed E-state index contributed by atoms with van der Waals surface area (Å²) >= 11 is 0. The predicted molar refractivity (Wildman–Crippen MR) is 151 cm³/mol. The van der Waals surface area contributed by atoms with Crippen molar-refractivity contribution in [3.8, 4) is 0 Å². The maximum absolute atomic E-state index is 13.9. The van der Waals surface area contributed by atoms with Crippen molar-refractivity contribution in [3.63, 3.8) is 0 Å². The highest BCUT2D eigenvalue weighted by Crippen LogP contribution is 2.47. The molecule has 0 aliphatic heterocycles.